The van der Waals surface area contributed by atoms with Gasteiger partial charge in [-0.3, -0.25) is 4.90 Å². The maximum Gasteiger partial charge on any atom is 0.414 e. The molecule has 1 atom stereocenters. The zero-order valence-corrected chi connectivity index (χ0v) is 13.9. The summed E-state index contributed by atoms with van der Waals surface area (Å²) in [5, 5.41) is 2.92. The lowest BCUT2D eigenvalue weighted by Gasteiger charge is -2.32. The largest absolute Gasteiger partial charge is 0.447 e. The first-order valence-electron chi connectivity index (χ1n) is 8.40. The van der Waals surface area contributed by atoms with Gasteiger partial charge < -0.3 is 19.7 Å². The lowest BCUT2D eigenvalue weighted by atomic mass is 10.1. The Bertz CT molecular complexity index is 605. The topological polar surface area (TPSA) is 71.1 Å². The second kappa shape index (κ2) is 7.53. The van der Waals surface area contributed by atoms with Gasteiger partial charge in [0.05, 0.1) is 24.0 Å². The Kier molecular flexibility index (Phi) is 5.20. The van der Waals surface area contributed by atoms with Crippen LogP contribution in [0.5, 0.6) is 0 Å². The van der Waals surface area contributed by atoms with Gasteiger partial charge >= 0.3 is 12.1 Å². The molecule has 0 bridgehead atoms. The van der Waals surface area contributed by atoms with E-state index in [4.69, 9.17) is 9.47 Å². The minimum absolute atomic E-state index is 0.0957. The van der Waals surface area contributed by atoms with Crippen molar-refractivity contribution in [2.45, 2.75) is 25.9 Å². The number of hydrogen-bond donors (Lipinski definition) is 1. The van der Waals surface area contributed by atoms with Crippen LogP contribution in [0.2, 0.25) is 0 Å². The van der Waals surface area contributed by atoms with Gasteiger partial charge in [-0.1, -0.05) is 12.1 Å². The number of urea groups is 1. The van der Waals surface area contributed by atoms with Crippen LogP contribution in [-0.2, 0) is 9.47 Å². The van der Waals surface area contributed by atoms with Crippen LogP contribution in [0.3, 0.4) is 0 Å². The molecular formula is C17H23N3O4. The summed E-state index contributed by atoms with van der Waals surface area (Å²) in [6.07, 6.45) is 1.62. The van der Waals surface area contributed by atoms with Crippen LogP contribution >= 0.6 is 0 Å². The van der Waals surface area contributed by atoms with E-state index in [1.165, 1.54) is 4.90 Å². The molecule has 0 saturated carbocycles. The molecule has 2 heterocycles. The molecule has 2 aliphatic heterocycles. The molecule has 1 N–H and O–H groups in total. The number of piperidine rings is 1. The molecule has 0 aromatic heterocycles. The van der Waals surface area contributed by atoms with Gasteiger partial charge in [-0.2, -0.15) is 0 Å². The van der Waals surface area contributed by atoms with E-state index >= 15 is 0 Å². The van der Waals surface area contributed by atoms with Gasteiger partial charge in [-0.05, 0) is 31.9 Å². The van der Waals surface area contributed by atoms with Gasteiger partial charge in [-0.25, -0.2) is 9.59 Å². The number of benzene rings is 1. The maximum atomic E-state index is 12.6. The molecule has 0 radical (unpaired) electrons. The van der Waals surface area contributed by atoms with Crippen LogP contribution in [0.15, 0.2) is 24.3 Å². The van der Waals surface area contributed by atoms with Crippen LogP contribution in [0.4, 0.5) is 21.0 Å². The number of carbonyl (C=O) groups excluding carboxylic acids is 2. The molecule has 3 amide bonds. The summed E-state index contributed by atoms with van der Waals surface area (Å²) in [7, 11) is 0. The van der Waals surface area contributed by atoms with E-state index in [0.717, 1.165) is 12.8 Å². The van der Waals surface area contributed by atoms with E-state index in [2.05, 4.69) is 5.32 Å². The summed E-state index contributed by atoms with van der Waals surface area (Å²) < 4.78 is 10.6. The van der Waals surface area contributed by atoms with E-state index in [0.29, 0.717) is 44.2 Å². The summed E-state index contributed by atoms with van der Waals surface area (Å²) in [6.45, 7) is 4.77. The van der Waals surface area contributed by atoms with E-state index in [1.807, 2.05) is 19.1 Å². The molecule has 2 saturated heterocycles. The van der Waals surface area contributed by atoms with Gasteiger partial charge in [0, 0.05) is 19.7 Å². The number of hydrogen-bond acceptors (Lipinski definition) is 4. The lowest BCUT2D eigenvalue weighted by Crippen LogP contribution is -2.45. The summed E-state index contributed by atoms with van der Waals surface area (Å²) in [4.78, 5) is 27.7. The zero-order valence-electron chi connectivity index (χ0n) is 13.9. The average Bonchev–Trinajstić information content (AvgIpc) is 3.02. The number of rotatable bonds is 4. The molecule has 1 aromatic carbocycles. The quantitative estimate of drug-likeness (QED) is 0.919. The molecule has 7 nitrogen and oxygen atoms in total. The van der Waals surface area contributed by atoms with Gasteiger partial charge in [0.2, 0.25) is 0 Å². The number of carbonyl (C=O) groups is 2. The van der Waals surface area contributed by atoms with Crippen molar-refractivity contribution in [1.82, 2.24) is 4.90 Å². The molecule has 0 spiro atoms. The highest BCUT2D eigenvalue weighted by molar-refractivity contribution is 5.99. The van der Waals surface area contributed by atoms with Crippen molar-refractivity contribution in [2.75, 3.05) is 43.1 Å². The number of para-hydroxylation sites is 2. The van der Waals surface area contributed by atoms with E-state index in [1.54, 1.807) is 17.0 Å². The number of amides is 3. The third-order valence-electron chi connectivity index (χ3n) is 4.26. The Morgan fingerprint density at radius 2 is 2.21 bits per heavy atom. The predicted molar refractivity (Wildman–Crippen MR) is 90.4 cm³/mol. The highest BCUT2D eigenvalue weighted by Gasteiger charge is 2.28. The van der Waals surface area contributed by atoms with Crippen LogP contribution in [0, 0.1) is 0 Å². The Morgan fingerprint density at radius 1 is 1.38 bits per heavy atom. The molecular weight excluding hydrogens is 310 g/mol. The smallest absolute Gasteiger partial charge is 0.414 e. The van der Waals surface area contributed by atoms with Gasteiger partial charge in [0.25, 0.3) is 0 Å². The number of cyclic esters (lactones) is 1. The highest BCUT2D eigenvalue weighted by Crippen LogP contribution is 2.28. The van der Waals surface area contributed by atoms with E-state index in [9.17, 15) is 9.59 Å². The Balaban J connectivity index is 1.69. The summed E-state index contributed by atoms with van der Waals surface area (Å²) in [5.74, 6) is 0. The van der Waals surface area contributed by atoms with Gasteiger partial charge in [-0.15, -0.1) is 0 Å². The van der Waals surface area contributed by atoms with Crippen LogP contribution in [-0.4, -0.2) is 56.0 Å². The number of ether oxygens (including phenoxy) is 2. The molecule has 1 aromatic rings. The fourth-order valence-corrected chi connectivity index (χ4v) is 3.12. The van der Waals surface area contributed by atoms with Crippen molar-refractivity contribution in [3.63, 3.8) is 0 Å². The third-order valence-corrected chi connectivity index (χ3v) is 4.26. The van der Waals surface area contributed by atoms with Crippen molar-refractivity contribution < 1.29 is 19.1 Å². The highest BCUT2D eigenvalue weighted by atomic mass is 16.6. The standard InChI is InChI=1S/C17H23N3O4/c1-2-23-13-6-5-9-19(12-13)16(21)18-14-7-3-4-8-15(14)20-10-11-24-17(20)22/h3-4,7-8,13H,2,5-6,9-12H2,1H3,(H,18,21)/t13-/m0/s1. The first-order valence-corrected chi connectivity index (χ1v) is 8.40. The second-order valence-corrected chi connectivity index (χ2v) is 5.88. The number of nitrogens with one attached hydrogen (secondary N) is 1. The van der Waals surface area contributed by atoms with Crippen LogP contribution in [0.1, 0.15) is 19.8 Å². The van der Waals surface area contributed by atoms with Crippen LogP contribution in [0.25, 0.3) is 0 Å². The second-order valence-electron chi connectivity index (χ2n) is 5.88. The fourth-order valence-electron chi connectivity index (χ4n) is 3.12. The van der Waals surface area contributed by atoms with Gasteiger partial charge in [0.15, 0.2) is 0 Å². The average molecular weight is 333 g/mol. The fraction of sp³-hybridized carbons (Fsp3) is 0.529. The summed E-state index contributed by atoms with van der Waals surface area (Å²) in [6, 6.07) is 7.10. The van der Waals surface area contributed by atoms with Crippen molar-refractivity contribution in [3.05, 3.63) is 24.3 Å². The summed E-state index contributed by atoms with van der Waals surface area (Å²) >= 11 is 0. The first kappa shape index (κ1) is 16.6. The SMILES string of the molecule is CCO[C@H]1CCCN(C(=O)Nc2ccccc2N2CCOC2=O)C1. The predicted octanol–water partition coefficient (Wildman–Crippen LogP) is 2.68. The first-order chi connectivity index (χ1) is 11.7. The van der Waals surface area contributed by atoms with E-state index < -0.39 is 0 Å². The molecule has 3 rings (SSSR count). The Labute approximate surface area is 141 Å². The Hall–Kier alpha value is -2.28. The normalized spacial score (nSPS) is 20.9. The molecule has 2 fully saturated rings. The van der Waals surface area contributed by atoms with E-state index in [-0.39, 0.29) is 18.2 Å². The third kappa shape index (κ3) is 3.62. The molecule has 130 valence electrons. The maximum absolute atomic E-state index is 12.6. The van der Waals surface area contributed by atoms with Crippen LogP contribution < -0.4 is 10.2 Å². The lowest BCUT2D eigenvalue weighted by molar-refractivity contribution is 0.0181. The zero-order chi connectivity index (χ0) is 16.9. The summed E-state index contributed by atoms with van der Waals surface area (Å²) in [5.41, 5.74) is 1.27. The monoisotopic (exact) mass is 333 g/mol. The van der Waals surface area contributed by atoms with Crippen molar-refractivity contribution in [1.29, 1.82) is 0 Å². The molecule has 24 heavy (non-hydrogen) atoms. The molecule has 0 unspecified atom stereocenters. The molecule has 2 aliphatic rings. The van der Waals surface area contributed by atoms with Crippen molar-refractivity contribution in [3.8, 4) is 0 Å². The van der Waals surface area contributed by atoms with Crippen molar-refractivity contribution in [2.24, 2.45) is 0 Å². The molecule has 7 heteroatoms. The number of nitrogens with zero attached hydrogens (tertiary/aromatic N) is 2. The minimum Gasteiger partial charge on any atom is -0.447 e. The number of likely N-dealkylation sites (tertiary alicyclic amines) is 1. The number of anilines is 2. The minimum atomic E-state index is -0.383. The van der Waals surface area contributed by atoms with Gasteiger partial charge in [0.1, 0.15) is 6.61 Å². The van der Waals surface area contributed by atoms with Crippen molar-refractivity contribution >= 4 is 23.5 Å². The Morgan fingerprint density at radius 3 is 2.96 bits per heavy atom. The molecule has 0 aliphatic carbocycles.